The van der Waals surface area contributed by atoms with Crippen LogP contribution in [0.25, 0.3) is 10.9 Å². The summed E-state index contributed by atoms with van der Waals surface area (Å²) in [4.78, 5) is 13.2. The summed E-state index contributed by atoms with van der Waals surface area (Å²) in [6, 6.07) is 18.2. The third-order valence-corrected chi connectivity index (χ3v) is 6.52. The second-order valence-electron chi connectivity index (χ2n) is 7.03. The van der Waals surface area contributed by atoms with Gasteiger partial charge in [-0.3, -0.25) is 10.1 Å². The first-order valence-corrected chi connectivity index (χ1v) is 11.6. The first kappa shape index (κ1) is 21.9. The molecule has 164 valence electrons. The summed E-state index contributed by atoms with van der Waals surface area (Å²) in [5.74, 6) is 1.50. The van der Waals surface area contributed by atoms with Gasteiger partial charge in [-0.2, -0.15) is 0 Å². The Morgan fingerprint density at radius 1 is 1.06 bits per heavy atom. The number of aromatic nitrogens is 3. The molecule has 0 spiro atoms. The van der Waals surface area contributed by atoms with Gasteiger partial charge in [0.2, 0.25) is 0 Å². The van der Waals surface area contributed by atoms with Crippen LogP contribution in [0.3, 0.4) is 0 Å². The standard InChI is InChI=1S/C23H26N7OP/c1-3-28-32(31-2)19-9-7-18(8-10-19)29-21-15-26-22(24)23(30-21)27-14-16-6-11-20-17(13-16)5-4-12-25-20/h4-13,15,28H,3,14H2,1-2H3,(H2,24,26)(H2,27,29,30). The smallest absolute Gasteiger partial charge is 0.171 e. The Morgan fingerprint density at radius 3 is 2.69 bits per heavy atom. The van der Waals surface area contributed by atoms with E-state index in [1.165, 1.54) is 0 Å². The van der Waals surface area contributed by atoms with Crippen LogP contribution in [0, 0.1) is 0 Å². The van der Waals surface area contributed by atoms with Crippen molar-refractivity contribution in [1.29, 1.82) is 0 Å². The molecule has 1 unspecified atom stereocenters. The molecule has 0 saturated heterocycles. The van der Waals surface area contributed by atoms with E-state index in [9.17, 15) is 0 Å². The predicted molar refractivity (Wildman–Crippen MR) is 132 cm³/mol. The van der Waals surface area contributed by atoms with Gasteiger partial charge in [0.15, 0.2) is 17.5 Å². The Bertz CT molecular complexity index is 1190. The molecule has 0 amide bonds. The van der Waals surface area contributed by atoms with Gasteiger partial charge in [-0.05, 0) is 54.6 Å². The number of nitrogen functional groups attached to an aromatic ring is 1. The first-order valence-electron chi connectivity index (χ1n) is 10.3. The fourth-order valence-electron chi connectivity index (χ4n) is 3.24. The number of rotatable bonds is 9. The quantitative estimate of drug-likeness (QED) is 0.283. The highest BCUT2D eigenvalue weighted by molar-refractivity contribution is 7.58. The van der Waals surface area contributed by atoms with Crippen LogP contribution < -0.4 is 26.8 Å². The van der Waals surface area contributed by atoms with E-state index in [0.717, 1.165) is 34.0 Å². The molecule has 2 heterocycles. The van der Waals surface area contributed by atoms with Gasteiger partial charge in [-0.1, -0.05) is 19.1 Å². The summed E-state index contributed by atoms with van der Waals surface area (Å²) in [7, 11) is 0.907. The number of nitrogens with two attached hydrogens (primary N) is 1. The Hall–Kier alpha value is -3.32. The SMILES string of the molecule is CCNP(OC)c1ccc(Nc2cnc(N)c(NCc3ccc4ncccc4c3)n2)cc1. The van der Waals surface area contributed by atoms with Gasteiger partial charge in [-0.25, -0.2) is 9.97 Å². The van der Waals surface area contributed by atoms with Crippen molar-refractivity contribution < 1.29 is 4.52 Å². The molecule has 0 radical (unpaired) electrons. The van der Waals surface area contributed by atoms with Gasteiger partial charge in [0, 0.05) is 36.2 Å². The van der Waals surface area contributed by atoms with Gasteiger partial charge in [-0.15, -0.1) is 0 Å². The Labute approximate surface area is 188 Å². The number of benzene rings is 2. The van der Waals surface area contributed by atoms with E-state index >= 15 is 0 Å². The number of fused-ring (bicyclic) bond motifs is 1. The molecular formula is C23H26N7OP. The topological polar surface area (TPSA) is 110 Å². The highest BCUT2D eigenvalue weighted by Crippen LogP contribution is 2.30. The number of anilines is 4. The van der Waals surface area contributed by atoms with Crippen LogP contribution in [-0.2, 0) is 11.1 Å². The van der Waals surface area contributed by atoms with Crippen molar-refractivity contribution in [2.75, 3.05) is 30.0 Å². The van der Waals surface area contributed by atoms with Crippen LogP contribution in [0.1, 0.15) is 12.5 Å². The Morgan fingerprint density at radius 2 is 1.91 bits per heavy atom. The molecule has 4 rings (SSSR count). The normalized spacial score (nSPS) is 11.9. The third-order valence-electron chi connectivity index (χ3n) is 4.79. The fraction of sp³-hybridized carbons (Fsp3) is 0.174. The summed E-state index contributed by atoms with van der Waals surface area (Å²) in [5, 5.41) is 12.1. The largest absolute Gasteiger partial charge is 0.381 e. The molecule has 0 fully saturated rings. The summed E-state index contributed by atoms with van der Waals surface area (Å²) >= 11 is 0. The summed E-state index contributed by atoms with van der Waals surface area (Å²) in [6.07, 6.45) is 3.41. The van der Waals surface area contributed by atoms with Crippen LogP contribution in [0.15, 0.2) is 67.0 Å². The lowest BCUT2D eigenvalue weighted by atomic mass is 10.1. The van der Waals surface area contributed by atoms with Crippen LogP contribution in [0.4, 0.5) is 23.1 Å². The summed E-state index contributed by atoms with van der Waals surface area (Å²) in [5.41, 5.74) is 9.02. The van der Waals surface area contributed by atoms with Crippen molar-refractivity contribution in [2.45, 2.75) is 13.5 Å². The number of hydrogen-bond donors (Lipinski definition) is 4. The summed E-state index contributed by atoms with van der Waals surface area (Å²) < 4.78 is 5.54. The van der Waals surface area contributed by atoms with Gasteiger partial charge in [0.25, 0.3) is 0 Å². The predicted octanol–water partition coefficient (Wildman–Crippen LogP) is 4.16. The zero-order valence-electron chi connectivity index (χ0n) is 18.0. The fourth-order valence-corrected chi connectivity index (χ4v) is 4.47. The second kappa shape index (κ2) is 10.3. The van der Waals surface area contributed by atoms with E-state index in [1.54, 1.807) is 19.5 Å². The van der Waals surface area contributed by atoms with Crippen molar-refractivity contribution in [1.82, 2.24) is 20.0 Å². The molecule has 8 nitrogen and oxygen atoms in total. The van der Waals surface area contributed by atoms with Crippen molar-refractivity contribution in [3.05, 3.63) is 72.6 Å². The maximum absolute atomic E-state index is 6.04. The van der Waals surface area contributed by atoms with Gasteiger partial charge in [0.1, 0.15) is 8.30 Å². The average molecular weight is 447 g/mol. The molecule has 2 aromatic carbocycles. The van der Waals surface area contributed by atoms with E-state index in [-0.39, 0.29) is 0 Å². The molecule has 0 aliphatic carbocycles. The minimum atomic E-state index is -0.809. The average Bonchev–Trinajstić information content (AvgIpc) is 2.83. The monoisotopic (exact) mass is 447 g/mol. The minimum Gasteiger partial charge on any atom is -0.381 e. The van der Waals surface area contributed by atoms with Crippen LogP contribution in [0.5, 0.6) is 0 Å². The van der Waals surface area contributed by atoms with Crippen molar-refractivity contribution in [3.63, 3.8) is 0 Å². The maximum Gasteiger partial charge on any atom is 0.171 e. The molecular weight excluding hydrogens is 421 g/mol. The highest BCUT2D eigenvalue weighted by Gasteiger charge is 2.10. The molecule has 0 aliphatic heterocycles. The number of hydrogen-bond acceptors (Lipinski definition) is 8. The molecule has 0 saturated carbocycles. The van der Waals surface area contributed by atoms with E-state index in [4.69, 9.17) is 10.3 Å². The molecule has 9 heteroatoms. The van der Waals surface area contributed by atoms with Crippen molar-refractivity contribution in [3.8, 4) is 0 Å². The summed E-state index contributed by atoms with van der Waals surface area (Å²) in [6.45, 7) is 3.49. The van der Waals surface area contributed by atoms with E-state index in [2.05, 4.69) is 43.7 Å². The lowest BCUT2D eigenvalue weighted by Crippen LogP contribution is -2.16. The highest BCUT2D eigenvalue weighted by atomic mass is 31.2. The molecule has 32 heavy (non-hydrogen) atoms. The van der Waals surface area contributed by atoms with Crippen LogP contribution in [0.2, 0.25) is 0 Å². The van der Waals surface area contributed by atoms with Crippen molar-refractivity contribution in [2.24, 2.45) is 0 Å². The van der Waals surface area contributed by atoms with Crippen molar-refractivity contribution >= 4 is 47.6 Å². The maximum atomic E-state index is 6.04. The van der Waals surface area contributed by atoms with E-state index in [0.29, 0.717) is 24.0 Å². The third kappa shape index (κ3) is 5.29. The second-order valence-corrected chi connectivity index (χ2v) is 8.82. The molecule has 1 atom stereocenters. The number of pyridine rings is 1. The molecule has 0 aliphatic rings. The molecule has 0 bridgehead atoms. The van der Waals surface area contributed by atoms with Crippen LogP contribution >= 0.6 is 8.30 Å². The van der Waals surface area contributed by atoms with Gasteiger partial charge < -0.3 is 20.9 Å². The zero-order valence-corrected chi connectivity index (χ0v) is 18.9. The minimum absolute atomic E-state index is 0.352. The Kier molecular flexibility index (Phi) is 7.07. The molecule has 4 aromatic rings. The Balaban J connectivity index is 1.44. The van der Waals surface area contributed by atoms with E-state index < -0.39 is 8.30 Å². The molecule has 5 N–H and O–H groups in total. The zero-order chi connectivity index (χ0) is 22.3. The lowest BCUT2D eigenvalue weighted by Gasteiger charge is -2.16. The first-order chi connectivity index (χ1) is 15.7. The molecule has 2 aromatic heterocycles. The lowest BCUT2D eigenvalue weighted by molar-refractivity contribution is 0.460. The van der Waals surface area contributed by atoms with Crippen LogP contribution in [-0.4, -0.2) is 28.6 Å². The number of nitrogens with one attached hydrogen (secondary N) is 3. The van der Waals surface area contributed by atoms with Gasteiger partial charge in [0.05, 0.1) is 11.7 Å². The van der Waals surface area contributed by atoms with E-state index in [1.807, 2.05) is 48.5 Å². The van der Waals surface area contributed by atoms with Gasteiger partial charge >= 0.3 is 0 Å². The number of nitrogens with zero attached hydrogens (tertiary/aromatic N) is 3.